The van der Waals surface area contributed by atoms with E-state index in [1.54, 1.807) is 18.0 Å². The van der Waals surface area contributed by atoms with Crippen LogP contribution in [-0.4, -0.2) is 36.2 Å². The number of benzene rings is 2. The van der Waals surface area contributed by atoms with Crippen LogP contribution in [0.25, 0.3) is 22.1 Å². The highest BCUT2D eigenvalue weighted by molar-refractivity contribution is 7.00. The molecular weight excluding hydrogens is 350 g/mol. The van der Waals surface area contributed by atoms with E-state index in [0.29, 0.717) is 17.6 Å². The van der Waals surface area contributed by atoms with Crippen LogP contribution in [0.15, 0.2) is 53.5 Å². The van der Waals surface area contributed by atoms with Crippen LogP contribution in [0, 0.1) is 0 Å². The molecule has 4 aromatic rings. The lowest BCUT2D eigenvalue weighted by Gasteiger charge is -2.18. The third-order valence-corrected chi connectivity index (χ3v) is 4.77. The zero-order valence-electron chi connectivity index (χ0n) is 14.0. The first-order valence-corrected chi connectivity index (χ1v) is 8.74. The minimum Gasteiger partial charge on any atom is -0.340 e. The normalized spacial score (nSPS) is 11.1. The maximum Gasteiger partial charge on any atom is 0.269 e. The van der Waals surface area contributed by atoms with Gasteiger partial charge in [0.25, 0.3) is 5.56 Å². The van der Waals surface area contributed by atoms with E-state index < -0.39 is 0 Å². The van der Waals surface area contributed by atoms with Crippen molar-refractivity contribution in [3.63, 3.8) is 0 Å². The first kappa shape index (κ1) is 16.3. The quantitative estimate of drug-likeness (QED) is 0.553. The summed E-state index contributed by atoms with van der Waals surface area (Å²) in [6.45, 7) is 0.406. The van der Waals surface area contributed by atoms with E-state index in [-0.39, 0.29) is 18.0 Å². The molecule has 0 spiro atoms. The fraction of sp³-hybridized carbons (Fsp3) is 0.167. The van der Waals surface area contributed by atoms with Gasteiger partial charge < -0.3 is 4.90 Å². The summed E-state index contributed by atoms with van der Waals surface area (Å²) in [7, 11) is 1.72. The smallest absolute Gasteiger partial charge is 0.269 e. The van der Waals surface area contributed by atoms with Gasteiger partial charge in [-0.05, 0) is 29.8 Å². The SMILES string of the molecule is CN(Cc1ccc2nsnc2c1)C(=O)Cn1c(=O)cnc2ccccc21. The Morgan fingerprint density at radius 3 is 2.81 bits per heavy atom. The molecule has 26 heavy (non-hydrogen) atoms. The Morgan fingerprint density at radius 2 is 1.92 bits per heavy atom. The molecule has 2 aromatic carbocycles. The van der Waals surface area contributed by atoms with Crippen LogP contribution in [0.5, 0.6) is 0 Å². The minimum absolute atomic E-state index is 0.0289. The summed E-state index contributed by atoms with van der Waals surface area (Å²) >= 11 is 1.17. The molecule has 0 saturated carbocycles. The van der Waals surface area contributed by atoms with Crippen LogP contribution >= 0.6 is 11.7 Å². The van der Waals surface area contributed by atoms with Crippen molar-refractivity contribution in [2.45, 2.75) is 13.1 Å². The van der Waals surface area contributed by atoms with Gasteiger partial charge in [-0.25, -0.2) is 4.98 Å². The number of para-hydroxylation sites is 2. The standard InChI is InChI=1S/C18H15N5O2S/c1-22(10-12-6-7-13-15(8-12)21-26-20-13)18(25)11-23-16-5-3-2-4-14(16)19-9-17(23)24/h2-9H,10-11H2,1H3. The Labute approximate surface area is 152 Å². The molecule has 130 valence electrons. The predicted octanol–water partition coefficient (Wildman–Crippen LogP) is 2.06. The van der Waals surface area contributed by atoms with Gasteiger partial charge in [0.05, 0.1) is 29.0 Å². The van der Waals surface area contributed by atoms with Gasteiger partial charge in [0.2, 0.25) is 5.91 Å². The van der Waals surface area contributed by atoms with E-state index >= 15 is 0 Å². The molecule has 0 aliphatic carbocycles. The Hall–Kier alpha value is -3.13. The van der Waals surface area contributed by atoms with Crippen molar-refractivity contribution in [1.82, 2.24) is 23.2 Å². The zero-order chi connectivity index (χ0) is 18.1. The van der Waals surface area contributed by atoms with Crippen LogP contribution in [0.2, 0.25) is 0 Å². The second-order valence-corrected chi connectivity index (χ2v) is 6.54. The number of hydrogen-bond acceptors (Lipinski definition) is 6. The monoisotopic (exact) mass is 365 g/mol. The molecule has 0 fully saturated rings. The highest BCUT2D eigenvalue weighted by atomic mass is 32.1. The molecule has 0 bridgehead atoms. The van der Waals surface area contributed by atoms with Gasteiger partial charge in [-0.2, -0.15) is 8.75 Å². The maximum absolute atomic E-state index is 12.6. The molecule has 7 nitrogen and oxygen atoms in total. The predicted molar refractivity (Wildman–Crippen MR) is 99.9 cm³/mol. The van der Waals surface area contributed by atoms with Crippen LogP contribution in [0.1, 0.15) is 5.56 Å². The van der Waals surface area contributed by atoms with Crippen molar-refractivity contribution in [2.75, 3.05) is 7.05 Å². The third-order valence-electron chi connectivity index (χ3n) is 4.21. The van der Waals surface area contributed by atoms with Crippen molar-refractivity contribution in [3.05, 3.63) is 64.6 Å². The van der Waals surface area contributed by atoms with Gasteiger partial charge in [0.15, 0.2) is 0 Å². The fourth-order valence-corrected chi connectivity index (χ4v) is 3.34. The molecule has 0 saturated heterocycles. The summed E-state index contributed by atoms with van der Waals surface area (Å²) in [4.78, 5) is 30.5. The lowest BCUT2D eigenvalue weighted by molar-refractivity contribution is -0.131. The molecule has 0 aliphatic rings. The Kier molecular flexibility index (Phi) is 4.18. The van der Waals surface area contributed by atoms with Gasteiger partial charge in [-0.3, -0.25) is 14.2 Å². The molecule has 0 aliphatic heterocycles. The number of fused-ring (bicyclic) bond motifs is 2. The van der Waals surface area contributed by atoms with Gasteiger partial charge in [-0.1, -0.05) is 18.2 Å². The van der Waals surface area contributed by atoms with Gasteiger partial charge in [0, 0.05) is 13.6 Å². The van der Waals surface area contributed by atoms with E-state index in [0.717, 1.165) is 16.6 Å². The lowest BCUT2D eigenvalue weighted by Crippen LogP contribution is -2.33. The molecule has 0 radical (unpaired) electrons. The Bertz CT molecular complexity index is 1170. The number of carbonyl (C=O) groups is 1. The largest absolute Gasteiger partial charge is 0.340 e. The molecule has 0 atom stereocenters. The fourth-order valence-electron chi connectivity index (χ4n) is 2.82. The van der Waals surface area contributed by atoms with Crippen LogP contribution in [0.3, 0.4) is 0 Å². The topological polar surface area (TPSA) is 81.0 Å². The van der Waals surface area contributed by atoms with Gasteiger partial charge in [-0.15, -0.1) is 0 Å². The van der Waals surface area contributed by atoms with Crippen molar-refractivity contribution in [2.24, 2.45) is 0 Å². The molecule has 8 heteroatoms. The molecule has 0 N–H and O–H groups in total. The van der Waals surface area contributed by atoms with E-state index in [9.17, 15) is 9.59 Å². The first-order valence-electron chi connectivity index (χ1n) is 8.01. The summed E-state index contributed by atoms with van der Waals surface area (Å²) in [5.41, 5.74) is 3.68. The van der Waals surface area contributed by atoms with Crippen molar-refractivity contribution in [3.8, 4) is 0 Å². The van der Waals surface area contributed by atoms with E-state index in [2.05, 4.69) is 13.7 Å². The second-order valence-electron chi connectivity index (χ2n) is 6.01. The number of hydrogen-bond donors (Lipinski definition) is 0. The van der Waals surface area contributed by atoms with E-state index in [1.807, 2.05) is 36.4 Å². The summed E-state index contributed by atoms with van der Waals surface area (Å²) in [5.74, 6) is -0.153. The molecule has 4 rings (SSSR count). The van der Waals surface area contributed by atoms with E-state index in [1.165, 1.54) is 22.5 Å². The molecule has 2 aromatic heterocycles. The number of likely N-dealkylation sites (N-methyl/N-ethyl adjacent to an activating group) is 1. The number of carbonyl (C=O) groups excluding carboxylic acids is 1. The van der Waals surface area contributed by atoms with E-state index in [4.69, 9.17) is 0 Å². The number of rotatable bonds is 4. The molecule has 1 amide bonds. The Morgan fingerprint density at radius 1 is 1.12 bits per heavy atom. The third kappa shape index (κ3) is 3.06. The summed E-state index contributed by atoms with van der Waals surface area (Å²) in [6, 6.07) is 13.0. The zero-order valence-corrected chi connectivity index (χ0v) is 14.8. The number of aromatic nitrogens is 4. The minimum atomic E-state index is -0.291. The maximum atomic E-state index is 12.6. The summed E-state index contributed by atoms with van der Waals surface area (Å²) in [5, 5.41) is 0. The molecular formula is C18H15N5O2S. The average molecular weight is 365 g/mol. The van der Waals surface area contributed by atoms with Gasteiger partial charge >= 0.3 is 0 Å². The molecule has 2 heterocycles. The van der Waals surface area contributed by atoms with Crippen LogP contribution < -0.4 is 5.56 Å². The average Bonchev–Trinajstić information content (AvgIpc) is 3.11. The highest BCUT2D eigenvalue weighted by Crippen LogP contribution is 2.15. The van der Waals surface area contributed by atoms with Crippen LogP contribution in [0.4, 0.5) is 0 Å². The van der Waals surface area contributed by atoms with Crippen molar-refractivity contribution < 1.29 is 4.79 Å². The second kappa shape index (κ2) is 6.64. The number of nitrogens with zero attached hydrogens (tertiary/aromatic N) is 5. The Balaban J connectivity index is 1.56. The lowest BCUT2D eigenvalue weighted by atomic mass is 10.2. The summed E-state index contributed by atoms with van der Waals surface area (Å²) in [6.07, 6.45) is 1.25. The van der Waals surface area contributed by atoms with Crippen molar-refractivity contribution >= 4 is 39.7 Å². The summed E-state index contributed by atoms with van der Waals surface area (Å²) < 4.78 is 9.85. The van der Waals surface area contributed by atoms with Crippen LogP contribution in [-0.2, 0) is 17.9 Å². The number of amides is 1. The molecule has 0 unspecified atom stereocenters. The highest BCUT2D eigenvalue weighted by Gasteiger charge is 2.14. The van der Waals surface area contributed by atoms with Crippen molar-refractivity contribution in [1.29, 1.82) is 0 Å². The first-order chi connectivity index (χ1) is 12.6. The van der Waals surface area contributed by atoms with Gasteiger partial charge in [0.1, 0.15) is 17.6 Å².